The number of sulfonamides is 1. The lowest BCUT2D eigenvalue weighted by atomic mass is 10.2. The van der Waals surface area contributed by atoms with Crippen molar-refractivity contribution in [3.8, 4) is 0 Å². The van der Waals surface area contributed by atoms with E-state index in [2.05, 4.69) is 9.71 Å². The van der Waals surface area contributed by atoms with Gasteiger partial charge in [-0.25, -0.2) is 17.2 Å². The van der Waals surface area contributed by atoms with E-state index in [0.717, 1.165) is 35.6 Å². The summed E-state index contributed by atoms with van der Waals surface area (Å²) < 4.78 is 61.0. The number of carbonyl (C=O) groups is 2. The van der Waals surface area contributed by atoms with Gasteiger partial charge in [0.1, 0.15) is 18.2 Å². The van der Waals surface area contributed by atoms with Gasteiger partial charge in [0.25, 0.3) is 15.9 Å². The molecule has 0 aliphatic heterocycles. The summed E-state index contributed by atoms with van der Waals surface area (Å²) in [4.78, 5) is 29.1. The molecule has 1 amide bonds. The molecule has 4 aromatic rings. The monoisotopic (exact) mass is 531 g/mol. The van der Waals surface area contributed by atoms with E-state index in [9.17, 15) is 26.8 Å². The maximum atomic E-state index is 13.7. The molecule has 36 heavy (non-hydrogen) atoms. The second kappa shape index (κ2) is 10.4. The Bertz CT molecular complexity index is 1610. The molecule has 0 radical (unpaired) electrons. The van der Waals surface area contributed by atoms with Crippen LogP contribution in [0.3, 0.4) is 0 Å². The third-order valence-corrected chi connectivity index (χ3v) is 7.38. The fourth-order valence-electron chi connectivity index (χ4n) is 3.28. The third-order valence-electron chi connectivity index (χ3n) is 4.94. The van der Waals surface area contributed by atoms with Crippen molar-refractivity contribution in [3.05, 3.63) is 88.7 Å². The highest BCUT2D eigenvalue weighted by Gasteiger charge is 2.16. The number of hydrogen-bond acceptors (Lipinski definition) is 6. The zero-order chi connectivity index (χ0) is 25.9. The Labute approximate surface area is 208 Å². The third kappa shape index (κ3) is 5.66. The molecule has 0 aliphatic rings. The first-order chi connectivity index (χ1) is 17.2. The molecule has 1 aromatic heterocycles. The van der Waals surface area contributed by atoms with Gasteiger partial charge in [-0.15, -0.1) is 0 Å². The van der Waals surface area contributed by atoms with Gasteiger partial charge >= 0.3 is 5.97 Å². The second-order valence-corrected chi connectivity index (χ2v) is 10.1. The number of anilines is 1. The summed E-state index contributed by atoms with van der Waals surface area (Å²) in [5, 5.41) is 0. The van der Waals surface area contributed by atoms with Gasteiger partial charge in [-0.1, -0.05) is 11.3 Å². The van der Waals surface area contributed by atoms with Gasteiger partial charge in [-0.05, 0) is 73.7 Å². The summed E-state index contributed by atoms with van der Waals surface area (Å²) in [5.74, 6) is -2.21. The lowest BCUT2D eigenvalue weighted by Crippen LogP contribution is -2.23. The molecule has 0 bridgehead atoms. The first kappa shape index (κ1) is 25.2. The van der Waals surface area contributed by atoms with Crippen molar-refractivity contribution in [1.29, 1.82) is 0 Å². The Hall–Kier alpha value is -3.90. The summed E-state index contributed by atoms with van der Waals surface area (Å²) >= 11 is 1.04. The van der Waals surface area contributed by atoms with Gasteiger partial charge in [0.05, 0.1) is 21.7 Å². The van der Waals surface area contributed by atoms with Crippen molar-refractivity contribution in [2.75, 3.05) is 11.3 Å². The van der Waals surface area contributed by atoms with Gasteiger partial charge in [0, 0.05) is 11.3 Å². The molecule has 0 saturated heterocycles. The number of halogens is 2. The van der Waals surface area contributed by atoms with Crippen LogP contribution in [0.5, 0.6) is 0 Å². The number of aromatic nitrogens is 1. The van der Waals surface area contributed by atoms with E-state index < -0.39 is 33.5 Å². The van der Waals surface area contributed by atoms with Gasteiger partial charge in [-0.2, -0.15) is 4.99 Å². The van der Waals surface area contributed by atoms with Crippen LogP contribution in [0.25, 0.3) is 10.2 Å². The van der Waals surface area contributed by atoms with Crippen LogP contribution in [0.15, 0.2) is 76.6 Å². The zero-order valence-electron chi connectivity index (χ0n) is 18.8. The second-order valence-electron chi connectivity index (χ2n) is 7.44. The van der Waals surface area contributed by atoms with Crippen LogP contribution in [-0.4, -0.2) is 31.5 Å². The van der Waals surface area contributed by atoms with Crippen molar-refractivity contribution in [1.82, 2.24) is 4.57 Å². The zero-order valence-corrected chi connectivity index (χ0v) is 20.4. The first-order valence-corrected chi connectivity index (χ1v) is 12.9. The van der Waals surface area contributed by atoms with Crippen LogP contribution in [0.1, 0.15) is 17.3 Å². The quantitative estimate of drug-likeness (QED) is 0.362. The minimum Gasteiger partial charge on any atom is -0.465 e. The van der Waals surface area contributed by atoms with Gasteiger partial charge in [0.15, 0.2) is 4.80 Å². The normalized spacial score (nSPS) is 12.0. The molecule has 1 N–H and O–H groups in total. The fourth-order valence-corrected chi connectivity index (χ4v) is 5.39. The van der Waals surface area contributed by atoms with Crippen LogP contribution < -0.4 is 9.52 Å². The molecule has 0 aliphatic carbocycles. The minimum absolute atomic E-state index is 0.119. The predicted octanol–water partition coefficient (Wildman–Crippen LogP) is 4.09. The molecule has 3 aromatic carbocycles. The fraction of sp³-hybridized carbons (Fsp3) is 0.125. The molecule has 0 fully saturated rings. The van der Waals surface area contributed by atoms with Gasteiger partial charge in [0.2, 0.25) is 0 Å². The molecule has 0 unspecified atom stereocenters. The van der Waals surface area contributed by atoms with E-state index in [1.54, 1.807) is 6.92 Å². The van der Waals surface area contributed by atoms with E-state index in [0.29, 0.717) is 10.2 Å². The standard InChI is InChI=1S/C24H19F2N3O5S2/c1-2-34-22(30)14-29-20-12-7-17(26)13-21(20)35-24(29)27-23(31)15-3-8-18(9-4-15)28-36(32,33)19-10-5-16(25)6-11-19/h3-13,28H,2,14H2,1H3. The van der Waals surface area contributed by atoms with Crippen molar-refractivity contribution in [2.24, 2.45) is 4.99 Å². The smallest absolute Gasteiger partial charge is 0.326 e. The van der Waals surface area contributed by atoms with Crippen LogP contribution >= 0.6 is 11.3 Å². The number of nitrogens with one attached hydrogen (secondary N) is 1. The SMILES string of the molecule is CCOC(=O)Cn1c(=NC(=O)c2ccc(NS(=O)(=O)c3ccc(F)cc3)cc2)sc2cc(F)ccc21. The van der Waals surface area contributed by atoms with Crippen molar-refractivity contribution in [2.45, 2.75) is 18.4 Å². The van der Waals surface area contributed by atoms with Crippen LogP contribution in [0, 0.1) is 11.6 Å². The number of thiazole rings is 1. The summed E-state index contributed by atoms with van der Waals surface area (Å²) in [6, 6.07) is 13.9. The van der Waals surface area contributed by atoms with Gasteiger partial charge in [-0.3, -0.25) is 14.3 Å². The van der Waals surface area contributed by atoms with E-state index in [1.807, 2.05) is 0 Å². The highest BCUT2D eigenvalue weighted by molar-refractivity contribution is 7.92. The Morgan fingerprint density at radius 3 is 2.33 bits per heavy atom. The summed E-state index contributed by atoms with van der Waals surface area (Å²) in [6.45, 7) is 1.64. The molecule has 0 saturated carbocycles. The molecule has 0 atom stereocenters. The predicted molar refractivity (Wildman–Crippen MR) is 130 cm³/mol. The molecular formula is C24H19F2N3O5S2. The Kier molecular flexibility index (Phi) is 7.27. The largest absolute Gasteiger partial charge is 0.465 e. The minimum atomic E-state index is -3.95. The number of esters is 1. The highest BCUT2D eigenvalue weighted by atomic mass is 32.2. The van der Waals surface area contributed by atoms with Crippen molar-refractivity contribution < 1.29 is 31.5 Å². The summed E-state index contributed by atoms with van der Waals surface area (Å²) in [5.41, 5.74) is 0.864. The summed E-state index contributed by atoms with van der Waals surface area (Å²) in [7, 11) is -3.95. The van der Waals surface area contributed by atoms with Gasteiger partial charge < -0.3 is 9.30 Å². The summed E-state index contributed by atoms with van der Waals surface area (Å²) in [6.07, 6.45) is 0. The molecule has 186 valence electrons. The van der Waals surface area contributed by atoms with E-state index in [1.165, 1.54) is 47.0 Å². The Balaban J connectivity index is 1.61. The number of ether oxygens (including phenoxy) is 1. The number of rotatable bonds is 7. The molecule has 1 heterocycles. The molecule has 12 heteroatoms. The van der Waals surface area contributed by atoms with Crippen LogP contribution in [-0.2, 0) is 26.1 Å². The lowest BCUT2D eigenvalue weighted by Gasteiger charge is -2.08. The molecule has 4 rings (SSSR count). The number of carbonyl (C=O) groups excluding carboxylic acids is 2. The average Bonchev–Trinajstić information content (AvgIpc) is 3.15. The van der Waals surface area contributed by atoms with Crippen LogP contribution in [0.4, 0.5) is 14.5 Å². The van der Waals surface area contributed by atoms with E-state index in [4.69, 9.17) is 4.74 Å². The maximum Gasteiger partial charge on any atom is 0.326 e. The van der Waals surface area contributed by atoms with Crippen molar-refractivity contribution in [3.63, 3.8) is 0 Å². The number of fused-ring (bicyclic) bond motifs is 1. The van der Waals surface area contributed by atoms with E-state index >= 15 is 0 Å². The first-order valence-electron chi connectivity index (χ1n) is 10.6. The van der Waals surface area contributed by atoms with Crippen molar-refractivity contribution >= 4 is 49.1 Å². The van der Waals surface area contributed by atoms with E-state index in [-0.39, 0.29) is 34.1 Å². The van der Waals surface area contributed by atoms with Crippen LogP contribution in [0.2, 0.25) is 0 Å². The number of benzene rings is 3. The molecule has 0 spiro atoms. The Morgan fingerprint density at radius 2 is 1.67 bits per heavy atom. The highest BCUT2D eigenvalue weighted by Crippen LogP contribution is 2.20. The lowest BCUT2D eigenvalue weighted by molar-refractivity contribution is -0.143. The topological polar surface area (TPSA) is 107 Å². The molecular weight excluding hydrogens is 512 g/mol. The Morgan fingerprint density at radius 1 is 1.00 bits per heavy atom. The number of amides is 1. The average molecular weight is 532 g/mol. The number of nitrogens with zero attached hydrogens (tertiary/aromatic N) is 2. The number of hydrogen-bond donors (Lipinski definition) is 1. The molecule has 8 nitrogen and oxygen atoms in total. The maximum absolute atomic E-state index is 13.7.